The Morgan fingerprint density at radius 1 is 1.38 bits per heavy atom. The van der Waals surface area contributed by atoms with Gasteiger partial charge in [0.2, 0.25) is 0 Å². The first-order chi connectivity index (χ1) is 10.1. The van der Waals surface area contributed by atoms with Crippen LogP contribution in [0.2, 0.25) is 0 Å². The zero-order valence-electron chi connectivity index (χ0n) is 11.5. The van der Waals surface area contributed by atoms with Crippen molar-refractivity contribution in [1.29, 1.82) is 0 Å². The lowest BCUT2D eigenvalue weighted by atomic mass is 9.97. The second kappa shape index (κ2) is 4.78. The van der Waals surface area contributed by atoms with Gasteiger partial charge < -0.3 is 5.11 Å². The molecule has 0 spiro atoms. The van der Waals surface area contributed by atoms with Crippen LogP contribution in [0, 0.1) is 0 Å². The normalized spacial score (nSPS) is 21.3. The maximum atomic E-state index is 11.8. The van der Waals surface area contributed by atoms with Crippen molar-refractivity contribution in [2.24, 2.45) is 0 Å². The van der Waals surface area contributed by atoms with E-state index in [4.69, 9.17) is 4.98 Å². The Morgan fingerprint density at radius 3 is 3.05 bits per heavy atom. The second-order valence-corrected chi connectivity index (χ2v) is 6.71. The molecule has 1 aromatic heterocycles. The lowest BCUT2D eigenvalue weighted by molar-refractivity contribution is 0.0697. The maximum Gasteiger partial charge on any atom is 0.336 e. The lowest BCUT2D eigenvalue weighted by Crippen LogP contribution is -2.27. The molecular weight excluding hydrogens is 332 g/mol. The van der Waals surface area contributed by atoms with Crippen molar-refractivity contribution in [3.63, 3.8) is 0 Å². The van der Waals surface area contributed by atoms with Crippen molar-refractivity contribution in [3.8, 4) is 0 Å². The number of pyridine rings is 1. The molecule has 0 saturated carbocycles. The van der Waals surface area contributed by atoms with Crippen LogP contribution in [0.3, 0.4) is 0 Å². The molecule has 4 rings (SSSR count). The minimum atomic E-state index is -0.850. The van der Waals surface area contributed by atoms with Gasteiger partial charge in [-0.15, -0.1) is 0 Å². The Kier molecular flexibility index (Phi) is 3.01. The van der Waals surface area contributed by atoms with Crippen molar-refractivity contribution in [2.45, 2.75) is 31.8 Å². The van der Waals surface area contributed by atoms with Gasteiger partial charge in [0, 0.05) is 22.0 Å². The van der Waals surface area contributed by atoms with Gasteiger partial charge in [-0.05, 0) is 37.6 Å². The molecule has 1 unspecified atom stereocenters. The minimum absolute atomic E-state index is 0.305. The summed E-state index contributed by atoms with van der Waals surface area (Å²) in [5.41, 5.74) is 3.12. The Balaban J connectivity index is 2.01. The van der Waals surface area contributed by atoms with Crippen LogP contribution >= 0.6 is 15.9 Å². The van der Waals surface area contributed by atoms with Crippen LogP contribution in [0.15, 0.2) is 22.7 Å². The number of benzene rings is 1. The van der Waals surface area contributed by atoms with E-state index in [1.54, 1.807) is 0 Å². The lowest BCUT2D eigenvalue weighted by Gasteiger charge is -2.28. The molecule has 5 heteroatoms. The van der Waals surface area contributed by atoms with Crippen LogP contribution in [0.1, 0.15) is 46.9 Å². The molecule has 1 atom stereocenters. The molecule has 1 aromatic carbocycles. The highest BCUT2D eigenvalue weighted by Crippen LogP contribution is 2.42. The summed E-state index contributed by atoms with van der Waals surface area (Å²) in [5.74, 6) is -0.850. The zero-order chi connectivity index (χ0) is 14.6. The third kappa shape index (κ3) is 1.99. The van der Waals surface area contributed by atoms with E-state index in [0.29, 0.717) is 11.6 Å². The summed E-state index contributed by atoms with van der Waals surface area (Å²) in [7, 11) is 0. The Bertz CT molecular complexity index is 760. The zero-order valence-corrected chi connectivity index (χ0v) is 13.1. The third-order valence-corrected chi connectivity index (χ3v) is 5.08. The molecular formula is C16H15BrN2O2. The fourth-order valence-electron chi connectivity index (χ4n) is 3.67. The highest BCUT2D eigenvalue weighted by atomic mass is 79.9. The quantitative estimate of drug-likeness (QED) is 0.854. The molecule has 21 heavy (non-hydrogen) atoms. The van der Waals surface area contributed by atoms with Crippen molar-refractivity contribution in [2.75, 3.05) is 6.54 Å². The molecule has 1 fully saturated rings. The number of aromatic nitrogens is 1. The van der Waals surface area contributed by atoms with Gasteiger partial charge in [0.25, 0.3) is 0 Å². The summed E-state index contributed by atoms with van der Waals surface area (Å²) in [4.78, 5) is 19.0. The smallest absolute Gasteiger partial charge is 0.336 e. The topological polar surface area (TPSA) is 53.4 Å². The number of carboxylic acids is 1. The Morgan fingerprint density at radius 2 is 2.24 bits per heavy atom. The van der Waals surface area contributed by atoms with E-state index in [2.05, 4.69) is 20.8 Å². The number of nitrogens with zero attached hydrogens (tertiary/aromatic N) is 2. The van der Waals surface area contributed by atoms with Crippen LogP contribution in [0.5, 0.6) is 0 Å². The van der Waals surface area contributed by atoms with Crippen LogP contribution in [-0.4, -0.2) is 27.5 Å². The molecule has 0 radical (unpaired) electrons. The highest BCUT2D eigenvalue weighted by Gasteiger charge is 2.36. The number of rotatable bonds is 1. The molecule has 2 aromatic rings. The van der Waals surface area contributed by atoms with Crippen molar-refractivity contribution in [1.82, 2.24) is 9.88 Å². The van der Waals surface area contributed by atoms with Gasteiger partial charge >= 0.3 is 5.97 Å². The number of hydrogen-bond donors (Lipinski definition) is 1. The van der Waals surface area contributed by atoms with E-state index in [-0.39, 0.29) is 0 Å². The van der Waals surface area contributed by atoms with E-state index in [1.807, 2.05) is 18.2 Å². The van der Waals surface area contributed by atoms with E-state index >= 15 is 0 Å². The standard InChI is InChI=1S/C16H15BrN2O2/c17-9-4-5-12-10(7-9)14(16(20)21)11-8-19-6-2-1-3-13(19)15(11)18-12/h4-5,7,13H,1-3,6,8H2,(H,20,21). The van der Waals surface area contributed by atoms with Crippen LogP contribution in [-0.2, 0) is 6.54 Å². The number of carboxylic acid groups (broad SMARTS) is 1. The van der Waals surface area contributed by atoms with Crippen molar-refractivity contribution >= 4 is 32.8 Å². The second-order valence-electron chi connectivity index (χ2n) is 5.80. The number of piperidine rings is 1. The summed E-state index contributed by atoms with van der Waals surface area (Å²) in [6.45, 7) is 1.76. The predicted molar refractivity (Wildman–Crippen MR) is 83.4 cm³/mol. The summed E-state index contributed by atoms with van der Waals surface area (Å²) >= 11 is 3.43. The Labute approximate surface area is 130 Å². The van der Waals surface area contributed by atoms with E-state index in [0.717, 1.165) is 46.1 Å². The number of aromatic carboxylic acids is 1. The van der Waals surface area contributed by atoms with Crippen molar-refractivity contribution < 1.29 is 9.90 Å². The van der Waals surface area contributed by atoms with Crippen LogP contribution < -0.4 is 0 Å². The van der Waals surface area contributed by atoms with Gasteiger partial charge in [0.15, 0.2) is 0 Å². The summed E-state index contributed by atoms with van der Waals surface area (Å²) in [6, 6.07) is 5.99. The van der Waals surface area contributed by atoms with Crippen LogP contribution in [0.4, 0.5) is 0 Å². The van der Waals surface area contributed by atoms with Gasteiger partial charge in [-0.1, -0.05) is 22.4 Å². The fourth-order valence-corrected chi connectivity index (χ4v) is 4.03. The molecule has 0 bridgehead atoms. The molecule has 1 N–H and O–H groups in total. The predicted octanol–water partition coefficient (Wildman–Crippen LogP) is 3.74. The van der Waals surface area contributed by atoms with E-state index in [1.165, 1.54) is 12.8 Å². The molecule has 4 nitrogen and oxygen atoms in total. The number of carbonyl (C=O) groups is 1. The number of halogens is 1. The molecule has 1 saturated heterocycles. The molecule has 3 heterocycles. The monoisotopic (exact) mass is 346 g/mol. The first-order valence-electron chi connectivity index (χ1n) is 7.24. The summed E-state index contributed by atoms with van der Waals surface area (Å²) < 4.78 is 0.884. The maximum absolute atomic E-state index is 11.8. The Hall–Kier alpha value is -1.46. The van der Waals surface area contributed by atoms with E-state index < -0.39 is 5.97 Å². The number of hydrogen-bond acceptors (Lipinski definition) is 3. The average molecular weight is 347 g/mol. The largest absolute Gasteiger partial charge is 0.478 e. The van der Waals surface area contributed by atoms with Gasteiger partial charge in [-0.2, -0.15) is 0 Å². The summed E-state index contributed by atoms with van der Waals surface area (Å²) in [5, 5.41) is 10.4. The summed E-state index contributed by atoms with van der Waals surface area (Å²) in [6.07, 6.45) is 3.47. The van der Waals surface area contributed by atoms with Gasteiger partial charge in [0.1, 0.15) is 0 Å². The molecule has 108 valence electrons. The third-order valence-electron chi connectivity index (χ3n) is 4.58. The first-order valence-corrected chi connectivity index (χ1v) is 8.04. The molecule has 2 aliphatic heterocycles. The van der Waals surface area contributed by atoms with Crippen LogP contribution in [0.25, 0.3) is 10.9 Å². The number of fused-ring (bicyclic) bond motifs is 4. The molecule has 2 aliphatic rings. The van der Waals surface area contributed by atoms with Gasteiger partial charge in [-0.25, -0.2) is 4.79 Å². The molecule has 0 aliphatic carbocycles. The van der Waals surface area contributed by atoms with Gasteiger partial charge in [0.05, 0.1) is 22.8 Å². The average Bonchev–Trinajstić information content (AvgIpc) is 2.82. The molecule has 0 amide bonds. The van der Waals surface area contributed by atoms with E-state index in [9.17, 15) is 9.90 Å². The van der Waals surface area contributed by atoms with Crippen molar-refractivity contribution in [3.05, 3.63) is 39.5 Å². The van der Waals surface area contributed by atoms with Gasteiger partial charge in [-0.3, -0.25) is 9.88 Å². The highest BCUT2D eigenvalue weighted by molar-refractivity contribution is 9.10. The fraction of sp³-hybridized carbons (Fsp3) is 0.375. The SMILES string of the molecule is O=C(O)c1c2c(nc3ccc(Br)cc13)C1CCCCN1C2. The first kappa shape index (κ1) is 13.2. The minimum Gasteiger partial charge on any atom is -0.478 e.